The van der Waals surface area contributed by atoms with Crippen molar-refractivity contribution in [1.82, 2.24) is 5.32 Å². The molecule has 0 radical (unpaired) electrons. The normalized spacial score (nSPS) is 24.7. The number of rotatable bonds is 5. The Balaban J connectivity index is 2.03. The van der Waals surface area contributed by atoms with E-state index in [2.05, 4.69) is 28.2 Å². The first kappa shape index (κ1) is 13.3. The van der Waals surface area contributed by atoms with Crippen molar-refractivity contribution < 1.29 is 0 Å². The molecular weight excluding hydrogens is 300 g/mol. The highest BCUT2D eigenvalue weighted by molar-refractivity contribution is 9.10. The van der Waals surface area contributed by atoms with Gasteiger partial charge < -0.3 is 11.1 Å². The van der Waals surface area contributed by atoms with Crippen LogP contribution in [0.1, 0.15) is 24.9 Å². The standard InChI is InChI=1S/C13H18BrClN2/c1-8-4-9(8)7-17-13(6-16)11-5-10(15)2-3-12(11)14/h2-3,5,8-9,13,17H,4,6-7,16H2,1H3. The van der Waals surface area contributed by atoms with E-state index in [-0.39, 0.29) is 6.04 Å². The van der Waals surface area contributed by atoms with E-state index in [0.29, 0.717) is 6.54 Å². The number of hydrogen-bond acceptors (Lipinski definition) is 2. The Morgan fingerprint density at radius 1 is 1.59 bits per heavy atom. The summed E-state index contributed by atoms with van der Waals surface area (Å²) in [5.41, 5.74) is 6.99. The maximum Gasteiger partial charge on any atom is 0.0456 e. The fourth-order valence-corrected chi connectivity index (χ4v) is 2.78. The molecule has 0 aliphatic heterocycles. The Kier molecular flexibility index (Phi) is 4.47. The van der Waals surface area contributed by atoms with Gasteiger partial charge in [0, 0.05) is 22.1 Å². The topological polar surface area (TPSA) is 38.0 Å². The van der Waals surface area contributed by atoms with Gasteiger partial charge in [0.1, 0.15) is 0 Å². The average molecular weight is 318 g/mol. The predicted octanol–water partition coefficient (Wildman–Crippen LogP) is 3.35. The van der Waals surface area contributed by atoms with Crippen molar-refractivity contribution in [1.29, 1.82) is 0 Å². The second kappa shape index (κ2) is 5.70. The molecule has 0 bridgehead atoms. The summed E-state index contributed by atoms with van der Waals surface area (Å²) in [5, 5.41) is 4.29. The van der Waals surface area contributed by atoms with Crippen LogP contribution in [-0.4, -0.2) is 13.1 Å². The zero-order valence-corrected chi connectivity index (χ0v) is 12.3. The molecule has 4 heteroatoms. The molecule has 17 heavy (non-hydrogen) atoms. The zero-order chi connectivity index (χ0) is 12.4. The van der Waals surface area contributed by atoms with E-state index < -0.39 is 0 Å². The molecule has 3 atom stereocenters. The summed E-state index contributed by atoms with van der Waals surface area (Å²) in [6.07, 6.45) is 1.33. The SMILES string of the molecule is CC1CC1CNC(CN)c1cc(Cl)ccc1Br. The maximum atomic E-state index is 6.03. The monoisotopic (exact) mass is 316 g/mol. The van der Waals surface area contributed by atoms with Crippen molar-refractivity contribution in [2.24, 2.45) is 17.6 Å². The minimum absolute atomic E-state index is 0.177. The lowest BCUT2D eigenvalue weighted by atomic mass is 10.1. The van der Waals surface area contributed by atoms with Gasteiger partial charge in [0.15, 0.2) is 0 Å². The van der Waals surface area contributed by atoms with Crippen LogP contribution in [0.15, 0.2) is 22.7 Å². The summed E-state index contributed by atoms with van der Waals surface area (Å²) in [6, 6.07) is 6.01. The molecule has 1 aliphatic rings. The fraction of sp³-hybridized carbons (Fsp3) is 0.538. The molecular formula is C13H18BrClN2. The molecule has 0 saturated heterocycles. The number of hydrogen-bond donors (Lipinski definition) is 2. The molecule has 2 nitrogen and oxygen atoms in total. The van der Waals surface area contributed by atoms with Crippen molar-refractivity contribution >= 4 is 27.5 Å². The van der Waals surface area contributed by atoms with Crippen molar-refractivity contribution in [3.05, 3.63) is 33.3 Å². The quantitative estimate of drug-likeness (QED) is 0.874. The Hall–Kier alpha value is -0.0900. The van der Waals surface area contributed by atoms with E-state index in [1.165, 1.54) is 6.42 Å². The van der Waals surface area contributed by atoms with Crippen LogP contribution in [0, 0.1) is 11.8 Å². The third kappa shape index (κ3) is 3.44. The summed E-state index contributed by atoms with van der Waals surface area (Å²) < 4.78 is 1.06. The summed E-state index contributed by atoms with van der Waals surface area (Å²) in [7, 11) is 0. The minimum Gasteiger partial charge on any atom is -0.329 e. The van der Waals surface area contributed by atoms with Gasteiger partial charge in [0.25, 0.3) is 0 Å². The molecule has 2 rings (SSSR count). The van der Waals surface area contributed by atoms with Crippen LogP contribution in [0.25, 0.3) is 0 Å². The second-order valence-corrected chi connectivity index (χ2v) is 6.13. The lowest BCUT2D eigenvalue weighted by Crippen LogP contribution is -2.30. The van der Waals surface area contributed by atoms with Crippen LogP contribution in [-0.2, 0) is 0 Å². The van der Waals surface area contributed by atoms with Gasteiger partial charge >= 0.3 is 0 Å². The summed E-state index contributed by atoms with van der Waals surface area (Å²) in [5.74, 6) is 1.69. The van der Waals surface area contributed by atoms with Gasteiger partial charge in [-0.25, -0.2) is 0 Å². The van der Waals surface area contributed by atoms with Crippen LogP contribution in [0.5, 0.6) is 0 Å². The predicted molar refractivity (Wildman–Crippen MR) is 76.2 cm³/mol. The summed E-state index contributed by atoms with van der Waals surface area (Å²) in [4.78, 5) is 0. The van der Waals surface area contributed by atoms with Gasteiger partial charge in [-0.15, -0.1) is 0 Å². The number of benzene rings is 1. The molecule has 1 fully saturated rings. The molecule has 1 saturated carbocycles. The van der Waals surface area contributed by atoms with E-state index in [1.807, 2.05) is 18.2 Å². The number of nitrogens with one attached hydrogen (secondary N) is 1. The summed E-state index contributed by atoms with van der Waals surface area (Å²) in [6.45, 7) is 3.92. The van der Waals surface area contributed by atoms with Gasteiger partial charge in [0.2, 0.25) is 0 Å². The third-order valence-electron chi connectivity index (χ3n) is 3.47. The Morgan fingerprint density at radius 3 is 2.88 bits per heavy atom. The van der Waals surface area contributed by atoms with Gasteiger partial charge in [-0.05, 0) is 48.6 Å². The van der Waals surface area contributed by atoms with Crippen molar-refractivity contribution in [2.75, 3.05) is 13.1 Å². The first-order chi connectivity index (χ1) is 8.11. The van der Waals surface area contributed by atoms with E-state index in [4.69, 9.17) is 17.3 Å². The lowest BCUT2D eigenvalue weighted by Gasteiger charge is -2.19. The Labute approximate surface area is 116 Å². The van der Waals surface area contributed by atoms with E-state index >= 15 is 0 Å². The largest absolute Gasteiger partial charge is 0.329 e. The summed E-state index contributed by atoms with van der Waals surface area (Å²) >= 11 is 9.58. The highest BCUT2D eigenvalue weighted by Gasteiger charge is 2.32. The van der Waals surface area contributed by atoms with Crippen LogP contribution in [0.4, 0.5) is 0 Å². The highest BCUT2D eigenvalue weighted by Crippen LogP contribution is 2.37. The fourth-order valence-electron chi connectivity index (χ4n) is 2.08. The zero-order valence-electron chi connectivity index (χ0n) is 9.92. The smallest absolute Gasteiger partial charge is 0.0456 e. The molecule has 94 valence electrons. The van der Waals surface area contributed by atoms with Gasteiger partial charge in [0.05, 0.1) is 0 Å². The average Bonchev–Trinajstić information content (AvgIpc) is 3.00. The molecule has 1 aromatic carbocycles. The first-order valence-electron chi connectivity index (χ1n) is 6.00. The van der Waals surface area contributed by atoms with E-state index in [9.17, 15) is 0 Å². The van der Waals surface area contributed by atoms with E-state index in [1.54, 1.807) is 0 Å². The first-order valence-corrected chi connectivity index (χ1v) is 7.17. The highest BCUT2D eigenvalue weighted by atomic mass is 79.9. The Bertz CT molecular complexity index is 397. The molecule has 3 N–H and O–H groups in total. The number of halogens is 2. The Morgan fingerprint density at radius 2 is 2.29 bits per heavy atom. The van der Waals surface area contributed by atoms with Gasteiger partial charge in [-0.1, -0.05) is 34.5 Å². The van der Waals surface area contributed by atoms with Crippen LogP contribution in [0.2, 0.25) is 5.02 Å². The van der Waals surface area contributed by atoms with Crippen molar-refractivity contribution in [3.63, 3.8) is 0 Å². The molecule has 3 unspecified atom stereocenters. The molecule has 0 heterocycles. The number of nitrogens with two attached hydrogens (primary N) is 1. The molecule has 1 aromatic rings. The second-order valence-electron chi connectivity index (χ2n) is 4.84. The minimum atomic E-state index is 0.177. The van der Waals surface area contributed by atoms with Crippen LogP contribution >= 0.6 is 27.5 Å². The van der Waals surface area contributed by atoms with Gasteiger partial charge in [-0.2, -0.15) is 0 Å². The van der Waals surface area contributed by atoms with E-state index in [0.717, 1.165) is 33.4 Å². The van der Waals surface area contributed by atoms with Gasteiger partial charge in [-0.3, -0.25) is 0 Å². The molecule has 1 aliphatic carbocycles. The molecule has 0 spiro atoms. The lowest BCUT2D eigenvalue weighted by molar-refractivity contribution is 0.510. The maximum absolute atomic E-state index is 6.03. The van der Waals surface area contributed by atoms with Crippen molar-refractivity contribution in [2.45, 2.75) is 19.4 Å². The third-order valence-corrected chi connectivity index (χ3v) is 4.43. The van der Waals surface area contributed by atoms with Crippen LogP contribution in [0.3, 0.4) is 0 Å². The molecule has 0 aromatic heterocycles. The van der Waals surface area contributed by atoms with Crippen LogP contribution < -0.4 is 11.1 Å². The van der Waals surface area contributed by atoms with Crippen molar-refractivity contribution in [3.8, 4) is 0 Å². The molecule has 0 amide bonds.